The first-order chi connectivity index (χ1) is 56.3. The Hall–Kier alpha value is -15.7. The van der Waals surface area contributed by atoms with Crippen LogP contribution in [0.4, 0.5) is 0 Å². The summed E-state index contributed by atoms with van der Waals surface area (Å²) in [6.45, 7) is 4.10. The Bertz CT molecular complexity index is 8540. The molecule has 12 aromatic heterocycles. The Morgan fingerprint density at radius 2 is 0.518 bits per heavy atom. The first-order valence-electron chi connectivity index (χ1n) is 37.9. The highest BCUT2D eigenvalue weighted by molar-refractivity contribution is 6.23. The lowest BCUT2D eigenvalue weighted by molar-refractivity contribution is 0.660. The van der Waals surface area contributed by atoms with Crippen LogP contribution in [-0.2, 0) is 0 Å². The van der Waals surface area contributed by atoms with Crippen molar-refractivity contribution in [1.82, 2.24) is 57.5 Å². The van der Waals surface area contributed by atoms with Gasteiger partial charge in [0.1, 0.15) is 69.4 Å². The molecule has 28 rings (SSSR count). The Morgan fingerprint density at radius 1 is 0.228 bits per heavy atom. The van der Waals surface area contributed by atoms with Crippen molar-refractivity contribution in [1.29, 1.82) is 0 Å². The van der Waals surface area contributed by atoms with Crippen molar-refractivity contribution in [2.75, 3.05) is 0 Å². The van der Waals surface area contributed by atoms with E-state index in [0.717, 1.165) is 191 Å². The van der Waals surface area contributed by atoms with Crippen LogP contribution < -0.4 is 0 Å². The molecule has 0 atom stereocenters. The maximum absolute atomic E-state index is 6.75. The van der Waals surface area contributed by atoms with E-state index in [0.29, 0.717) is 34.0 Å². The normalized spacial score (nSPS) is 12.3. The van der Waals surface area contributed by atoms with E-state index in [9.17, 15) is 0 Å². The van der Waals surface area contributed by atoms with Gasteiger partial charge in [-0.05, 0) is 210 Å². The van der Waals surface area contributed by atoms with Crippen LogP contribution >= 0.6 is 0 Å². The molecular weight excluding hydrogens is 1410 g/mol. The Balaban J connectivity index is 0.000000129. The van der Waals surface area contributed by atoms with Crippen molar-refractivity contribution >= 4 is 241 Å². The van der Waals surface area contributed by atoms with E-state index < -0.39 is 0 Å². The summed E-state index contributed by atoms with van der Waals surface area (Å²) in [5.41, 5.74) is 20.6. The fourth-order valence-electron chi connectivity index (χ4n) is 18.0. The minimum atomic E-state index is 0.508. The summed E-state index contributed by atoms with van der Waals surface area (Å²) in [4.78, 5) is 40.4. The predicted octanol–water partition coefficient (Wildman–Crippen LogP) is 25.0. The van der Waals surface area contributed by atoms with Gasteiger partial charge in [0.2, 0.25) is 22.9 Å². The van der Waals surface area contributed by atoms with E-state index in [2.05, 4.69) is 250 Å². The number of fused-ring (bicyclic) bond motifs is 14. The zero-order valence-corrected chi connectivity index (χ0v) is 60.9. The van der Waals surface area contributed by atoms with E-state index in [1.807, 2.05) is 86.0 Å². The van der Waals surface area contributed by atoms with E-state index in [1.165, 1.54) is 26.9 Å². The van der Waals surface area contributed by atoms with Crippen LogP contribution in [-0.4, -0.2) is 57.5 Å². The topological polar surface area (TPSA) is 173 Å². The van der Waals surface area contributed by atoms with Crippen molar-refractivity contribution in [3.05, 3.63) is 315 Å². The lowest BCUT2D eigenvalue weighted by Gasteiger charge is -2.06. The molecule has 0 saturated carbocycles. The molecule has 532 valence electrons. The standard InChI is InChI=1S/C50H30N6O2.C48H26N6O2/c1-27-23-39-45-43-47(27)57-49(53-43)37-13-5-9-32-10-6-14-38(42(32)37)50-54-44-46-40(24-28(2)48(44)58-50)52-26-56(46)34-21-17-30(18-22-34)36-12-4-8-31-7-3-11-35(41(31)36)29-15-19-33(20-16-29)55(45)25-51-39;1-11-29-23-31(13-1)53-25-49-37-19-21-39-43(45(37)53)51-47(55-39)35-17-5-9-28-10-6-18-36(42(28)35)48-52-44-40(56-48)22-20-38-46(44)54(26-50-38)32-14-2-12-30(24-32)34-16-4-8-27-7-3-15-33(29)41(27)34/h3-26H,1-2H3;1-26H. The molecule has 0 aliphatic heterocycles. The van der Waals surface area contributed by atoms with E-state index in [-0.39, 0.29) is 0 Å². The second-order valence-corrected chi connectivity index (χ2v) is 29.6. The second kappa shape index (κ2) is 23.4. The smallest absolute Gasteiger partial charge is 0.228 e. The highest BCUT2D eigenvalue weighted by Crippen LogP contribution is 2.41. The highest BCUT2D eigenvalue weighted by atomic mass is 16.4. The molecule has 0 aliphatic carbocycles. The van der Waals surface area contributed by atoms with Gasteiger partial charge in [-0.25, -0.2) is 39.9 Å². The van der Waals surface area contributed by atoms with Gasteiger partial charge in [0.25, 0.3) is 0 Å². The number of aromatic nitrogens is 12. The summed E-state index contributed by atoms with van der Waals surface area (Å²) >= 11 is 0. The van der Waals surface area contributed by atoms with Crippen LogP contribution in [0.25, 0.3) is 241 Å². The largest absolute Gasteiger partial charge is 0.436 e. The molecule has 0 amide bonds. The fourth-order valence-corrected chi connectivity index (χ4v) is 18.0. The molecular formula is C98H56N12O4. The lowest BCUT2D eigenvalue weighted by atomic mass is 9.98. The molecule has 0 radical (unpaired) electrons. The summed E-state index contributed by atoms with van der Waals surface area (Å²) in [6.07, 6.45) is 7.51. The van der Waals surface area contributed by atoms with Crippen LogP contribution in [0.1, 0.15) is 11.1 Å². The minimum absolute atomic E-state index is 0.508. The number of benzene rings is 16. The van der Waals surface area contributed by atoms with Gasteiger partial charge in [-0.1, -0.05) is 170 Å². The van der Waals surface area contributed by atoms with Gasteiger partial charge in [-0.15, -0.1) is 0 Å². The zero-order chi connectivity index (χ0) is 74.7. The van der Waals surface area contributed by atoms with E-state index in [4.69, 9.17) is 57.5 Å². The molecule has 16 heteroatoms. The second-order valence-electron chi connectivity index (χ2n) is 29.6. The molecule has 16 bridgehead atoms. The predicted molar refractivity (Wildman–Crippen MR) is 461 cm³/mol. The summed E-state index contributed by atoms with van der Waals surface area (Å²) in [5, 5.41) is 21.1. The molecule has 16 aromatic carbocycles. The zero-order valence-electron chi connectivity index (χ0n) is 60.9. The van der Waals surface area contributed by atoms with Gasteiger partial charge in [0.05, 0.1) is 22.1 Å². The summed E-state index contributed by atoms with van der Waals surface area (Å²) < 4.78 is 35.2. The molecule has 114 heavy (non-hydrogen) atoms. The number of rotatable bonds is 0. The quantitative estimate of drug-likeness (QED) is 0.141. The van der Waals surface area contributed by atoms with Crippen LogP contribution in [0.2, 0.25) is 0 Å². The van der Waals surface area contributed by atoms with Crippen molar-refractivity contribution in [3.63, 3.8) is 0 Å². The van der Waals surface area contributed by atoms with Crippen molar-refractivity contribution < 1.29 is 17.7 Å². The first kappa shape index (κ1) is 62.2. The number of hydrogen-bond acceptors (Lipinski definition) is 12. The third kappa shape index (κ3) is 9.09. The maximum atomic E-state index is 6.75. The molecule has 0 N–H and O–H groups in total. The Kier molecular flexibility index (Phi) is 12.8. The van der Waals surface area contributed by atoms with Crippen LogP contribution in [0, 0.1) is 13.8 Å². The van der Waals surface area contributed by atoms with Gasteiger partial charge in [0, 0.05) is 54.4 Å². The van der Waals surface area contributed by atoms with Crippen LogP contribution in [0.3, 0.4) is 0 Å². The lowest BCUT2D eigenvalue weighted by Crippen LogP contribution is -1.86. The minimum Gasteiger partial charge on any atom is -0.436 e. The van der Waals surface area contributed by atoms with Crippen LogP contribution in [0.5, 0.6) is 0 Å². The third-order valence-corrected chi connectivity index (χ3v) is 23.2. The van der Waals surface area contributed by atoms with Gasteiger partial charge >= 0.3 is 0 Å². The van der Waals surface area contributed by atoms with Gasteiger partial charge in [-0.2, -0.15) is 0 Å². The van der Waals surface area contributed by atoms with E-state index >= 15 is 0 Å². The summed E-state index contributed by atoms with van der Waals surface area (Å²) in [6, 6.07) is 97.7. The SMILES string of the molecule is Cc1cc2ncn3c4ccc(cc4)c4cccc5cccc(c6ccc(cc6)n6cnc7cc(C)c8oc(nc8c76)c6cccc7cccc(c8nc(c1o8)c23)c76)c54.c1cc2cccc3c4cccc(c4)n4cnc5ccc6oc(nc6c54)c4cccc5cccc(c6nc7c(ccc8ncn(c9cccc(c9)c(c1)c23)c87)o6)c54. The molecule has 0 aliphatic rings. The Labute approximate surface area is 641 Å². The first-order valence-corrected chi connectivity index (χ1v) is 37.9. The van der Waals surface area contributed by atoms with Gasteiger partial charge in [0.15, 0.2) is 22.3 Å². The number of aryl methyl sites for hydroxylation is 2. The maximum Gasteiger partial charge on any atom is 0.228 e. The molecule has 0 unspecified atom stereocenters. The van der Waals surface area contributed by atoms with Gasteiger partial charge in [-0.3, -0.25) is 17.6 Å². The average Bonchev–Trinajstić information content (AvgIpc) is 1.56. The van der Waals surface area contributed by atoms with Crippen LogP contribution in [0.15, 0.2) is 322 Å². The van der Waals surface area contributed by atoms with E-state index in [1.54, 1.807) is 0 Å². The molecule has 0 saturated heterocycles. The number of nitrogens with zero attached hydrogens (tertiary/aromatic N) is 12. The monoisotopic (exact) mass is 1460 g/mol. The highest BCUT2D eigenvalue weighted by Gasteiger charge is 2.22. The fraction of sp³-hybridized carbons (Fsp3) is 0.0204. The molecule has 16 nitrogen and oxygen atoms in total. The number of imidazole rings is 4. The third-order valence-electron chi connectivity index (χ3n) is 23.2. The van der Waals surface area contributed by atoms with Crippen molar-refractivity contribution in [2.45, 2.75) is 13.8 Å². The number of oxazole rings is 4. The Morgan fingerprint density at radius 3 is 0.895 bits per heavy atom. The number of hydrogen-bond donors (Lipinski definition) is 0. The summed E-state index contributed by atoms with van der Waals surface area (Å²) in [5.74, 6) is 0. The van der Waals surface area contributed by atoms with Crippen molar-refractivity contribution in [3.8, 4) is 0 Å². The molecule has 12 heterocycles. The average molecular weight is 1470 g/mol. The molecule has 0 fully saturated rings. The van der Waals surface area contributed by atoms with Crippen molar-refractivity contribution in [2.24, 2.45) is 0 Å². The van der Waals surface area contributed by atoms with Gasteiger partial charge < -0.3 is 17.7 Å². The molecule has 0 spiro atoms. The summed E-state index contributed by atoms with van der Waals surface area (Å²) in [7, 11) is 0. The molecule has 28 aromatic rings.